The second kappa shape index (κ2) is 6.76. The minimum absolute atomic E-state index is 0.0482. The Morgan fingerprint density at radius 3 is 2.46 bits per heavy atom. The monoisotopic (exact) mass is 373 g/mol. The van der Waals surface area contributed by atoms with Crippen LogP contribution in [0.2, 0.25) is 5.02 Å². The molecule has 0 fully saturated rings. The summed E-state index contributed by atoms with van der Waals surface area (Å²) >= 11 is 5.97. The quantitative estimate of drug-likeness (QED) is 0.834. The van der Waals surface area contributed by atoms with E-state index in [1.165, 1.54) is 25.7 Å². The Labute approximate surface area is 154 Å². The fourth-order valence-electron chi connectivity index (χ4n) is 3.13. The number of carboxylic acid groups (broad SMARTS) is 2. The van der Waals surface area contributed by atoms with Gasteiger partial charge in [-0.1, -0.05) is 35.9 Å². The van der Waals surface area contributed by atoms with Gasteiger partial charge in [-0.2, -0.15) is 5.10 Å². The van der Waals surface area contributed by atoms with Gasteiger partial charge < -0.3 is 10.2 Å². The zero-order valence-corrected chi connectivity index (χ0v) is 14.6. The normalized spacial score (nSPS) is 20.8. The SMILES string of the molecule is CC1(C(=O)O)CC(C(=O)O)=CC=C1C(c1ccc(Cl)cc1)n1cncn1. The van der Waals surface area contributed by atoms with Gasteiger partial charge in [0.05, 0.1) is 5.41 Å². The summed E-state index contributed by atoms with van der Waals surface area (Å²) in [6.45, 7) is 1.52. The van der Waals surface area contributed by atoms with E-state index < -0.39 is 23.4 Å². The van der Waals surface area contributed by atoms with E-state index in [1.54, 1.807) is 35.0 Å². The molecule has 0 bridgehead atoms. The Kier molecular flexibility index (Phi) is 4.65. The predicted octanol–water partition coefficient (Wildman–Crippen LogP) is 2.95. The molecule has 2 aromatic rings. The Bertz CT molecular complexity index is 903. The fourth-order valence-corrected chi connectivity index (χ4v) is 3.25. The van der Waals surface area contributed by atoms with Crippen LogP contribution in [-0.4, -0.2) is 36.9 Å². The molecule has 1 aliphatic carbocycles. The first-order valence-corrected chi connectivity index (χ1v) is 8.18. The zero-order chi connectivity index (χ0) is 18.9. The van der Waals surface area contributed by atoms with E-state index in [4.69, 9.17) is 11.6 Å². The maximum absolute atomic E-state index is 12.1. The van der Waals surface area contributed by atoms with Crippen molar-refractivity contribution in [3.8, 4) is 0 Å². The molecule has 0 saturated heterocycles. The van der Waals surface area contributed by atoms with E-state index in [9.17, 15) is 19.8 Å². The Morgan fingerprint density at radius 1 is 1.23 bits per heavy atom. The Morgan fingerprint density at radius 2 is 1.92 bits per heavy atom. The van der Waals surface area contributed by atoms with Gasteiger partial charge in [-0.05, 0) is 36.6 Å². The minimum atomic E-state index is -1.40. The van der Waals surface area contributed by atoms with Crippen LogP contribution in [0, 0.1) is 5.41 Å². The number of hydrogen-bond acceptors (Lipinski definition) is 4. The summed E-state index contributed by atoms with van der Waals surface area (Å²) in [5, 5.41) is 23.9. The highest BCUT2D eigenvalue weighted by Gasteiger charge is 2.45. The number of benzene rings is 1. The van der Waals surface area contributed by atoms with Crippen molar-refractivity contribution in [2.45, 2.75) is 19.4 Å². The Balaban J connectivity index is 2.19. The molecule has 0 aliphatic heterocycles. The molecule has 2 unspecified atom stereocenters. The van der Waals surface area contributed by atoms with Crippen molar-refractivity contribution >= 4 is 23.5 Å². The first-order valence-electron chi connectivity index (χ1n) is 7.80. The number of nitrogens with zero attached hydrogens (tertiary/aromatic N) is 3. The predicted molar refractivity (Wildman–Crippen MR) is 93.8 cm³/mol. The van der Waals surface area contributed by atoms with Gasteiger partial charge in [0.1, 0.15) is 18.7 Å². The van der Waals surface area contributed by atoms with Crippen molar-refractivity contribution < 1.29 is 19.8 Å². The second-order valence-corrected chi connectivity index (χ2v) is 6.70. The number of carbonyl (C=O) groups is 2. The number of aliphatic carboxylic acids is 2. The van der Waals surface area contributed by atoms with Gasteiger partial charge in [0.15, 0.2) is 0 Å². The molecule has 26 heavy (non-hydrogen) atoms. The summed E-state index contributed by atoms with van der Waals surface area (Å²) in [6.07, 6.45) is 5.74. The third-order valence-corrected chi connectivity index (χ3v) is 4.83. The van der Waals surface area contributed by atoms with Gasteiger partial charge in [-0.3, -0.25) is 4.79 Å². The molecule has 2 atom stereocenters. The van der Waals surface area contributed by atoms with Gasteiger partial charge in [-0.25, -0.2) is 14.5 Å². The van der Waals surface area contributed by atoms with E-state index >= 15 is 0 Å². The van der Waals surface area contributed by atoms with Crippen LogP contribution in [0.15, 0.2) is 60.2 Å². The third kappa shape index (κ3) is 3.13. The van der Waals surface area contributed by atoms with Gasteiger partial charge in [-0.15, -0.1) is 0 Å². The van der Waals surface area contributed by atoms with Crippen molar-refractivity contribution in [1.29, 1.82) is 0 Å². The van der Waals surface area contributed by atoms with E-state index in [0.717, 1.165) is 5.56 Å². The average molecular weight is 374 g/mol. The molecular weight excluding hydrogens is 358 g/mol. The summed E-state index contributed by atoms with van der Waals surface area (Å²) < 4.78 is 1.55. The largest absolute Gasteiger partial charge is 0.481 e. The first kappa shape index (κ1) is 17.9. The highest BCUT2D eigenvalue weighted by Crippen LogP contribution is 2.45. The molecular formula is C18H16ClN3O4. The van der Waals surface area contributed by atoms with Crippen LogP contribution < -0.4 is 0 Å². The van der Waals surface area contributed by atoms with E-state index in [2.05, 4.69) is 10.1 Å². The maximum Gasteiger partial charge on any atom is 0.331 e. The van der Waals surface area contributed by atoms with Crippen LogP contribution >= 0.6 is 11.6 Å². The smallest absolute Gasteiger partial charge is 0.331 e. The molecule has 0 radical (unpaired) electrons. The summed E-state index contributed by atoms with van der Waals surface area (Å²) in [7, 11) is 0. The highest BCUT2D eigenvalue weighted by atomic mass is 35.5. The number of aromatic nitrogens is 3. The van der Waals surface area contributed by atoms with Crippen LogP contribution in [0.3, 0.4) is 0 Å². The van der Waals surface area contributed by atoms with Gasteiger partial charge in [0.25, 0.3) is 0 Å². The number of halogens is 1. The molecule has 2 N–H and O–H groups in total. The standard InChI is InChI=1S/C18H16ClN3O4/c1-18(17(25)26)8-12(16(23)24)4-7-14(18)15(22-10-20-9-21-22)11-2-5-13(19)6-3-11/h2-7,9-10,15H,8H2,1H3,(H,23,24)(H,25,26). The summed E-state index contributed by atoms with van der Waals surface area (Å²) in [4.78, 5) is 27.4. The van der Waals surface area contributed by atoms with Gasteiger partial charge in [0.2, 0.25) is 0 Å². The molecule has 1 aliphatic rings. The third-order valence-electron chi connectivity index (χ3n) is 4.57. The van der Waals surface area contributed by atoms with E-state index in [1.807, 2.05) is 0 Å². The van der Waals surface area contributed by atoms with E-state index in [0.29, 0.717) is 10.6 Å². The molecule has 1 aromatic carbocycles. The van der Waals surface area contributed by atoms with Crippen LogP contribution in [0.5, 0.6) is 0 Å². The molecule has 1 aromatic heterocycles. The molecule has 8 heteroatoms. The lowest BCUT2D eigenvalue weighted by molar-refractivity contribution is -0.146. The summed E-state index contributed by atoms with van der Waals surface area (Å²) in [5.41, 5.74) is -0.0700. The second-order valence-electron chi connectivity index (χ2n) is 6.26. The van der Waals surface area contributed by atoms with Crippen molar-refractivity contribution in [3.05, 3.63) is 70.8 Å². The van der Waals surface area contributed by atoms with Gasteiger partial charge in [0, 0.05) is 10.6 Å². The zero-order valence-electron chi connectivity index (χ0n) is 13.8. The van der Waals surface area contributed by atoms with E-state index in [-0.39, 0.29) is 12.0 Å². The highest BCUT2D eigenvalue weighted by molar-refractivity contribution is 6.30. The number of rotatable bonds is 5. The number of carboxylic acids is 2. The first-order chi connectivity index (χ1) is 12.3. The average Bonchev–Trinajstić information content (AvgIpc) is 3.12. The van der Waals surface area contributed by atoms with Crippen molar-refractivity contribution in [2.24, 2.45) is 5.41 Å². The lowest BCUT2D eigenvalue weighted by Crippen LogP contribution is -2.37. The minimum Gasteiger partial charge on any atom is -0.481 e. The lowest BCUT2D eigenvalue weighted by Gasteiger charge is -2.35. The van der Waals surface area contributed by atoms with Crippen LogP contribution in [0.1, 0.15) is 24.9 Å². The van der Waals surface area contributed by atoms with Crippen LogP contribution in [0.4, 0.5) is 0 Å². The fraction of sp³-hybridized carbons (Fsp3) is 0.222. The topological polar surface area (TPSA) is 105 Å². The number of hydrogen-bond donors (Lipinski definition) is 2. The van der Waals surface area contributed by atoms with Crippen LogP contribution in [0.25, 0.3) is 0 Å². The molecule has 0 amide bonds. The number of allylic oxidation sites excluding steroid dienone is 2. The molecule has 0 spiro atoms. The van der Waals surface area contributed by atoms with Crippen molar-refractivity contribution in [3.63, 3.8) is 0 Å². The molecule has 134 valence electrons. The van der Waals surface area contributed by atoms with Crippen molar-refractivity contribution in [2.75, 3.05) is 0 Å². The molecule has 0 saturated carbocycles. The molecule has 7 nitrogen and oxygen atoms in total. The Hall–Kier alpha value is -2.93. The molecule has 3 rings (SSSR count). The maximum atomic E-state index is 12.1. The summed E-state index contributed by atoms with van der Waals surface area (Å²) in [6, 6.07) is 6.44. The van der Waals surface area contributed by atoms with Crippen LogP contribution in [-0.2, 0) is 9.59 Å². The summed E-state index contributed by atoms with van der Waals surface area (Å²) in [5.74, 6) is -2.23. The van der Waals surface area contributed by atoms with Gasteiger partial charge >= 0.3 is 11.9 Å². The molecule has 1 heterocycles. The lowest BCUT2D eigenvalue weighted by atomic mass is 9.70. The van der Waals surface area contributed by atoms with Crippen molar-refractivity contribution in [1.82, 2.24) is 14.8 Å².